The van der Waals surface area contributed by atoms with Crippen LogP contribution in [0.4, 0.5) is 9.18 Å². The quantitative estimate of drug-likeness (QED) is 0.408. The molecule has 1 heterocycles. The zero-order valence-electron chi connectivity index (χ0n) is 21.9. The molecule has 4 rings (SSSR count). The Kier molecular flexibility index (Phi) is 8.30. The van der Waals surface area contributed by atoms with Crippen LogP contribution in [0, 0.1) is 5.82 Å². The van der Waals surface area contributed by atoms with Gasteiger partial charge in [-0.1, -0.05) is 72.8 Å². The van der Waals surface area contributed by atoms with Crippen molar-refractivity contribution in [2.45, 2.75) is 63.9 Å². The molecule has 0 aliphatic carbocycles. The minimum Gasteiger partial charge on any atom is -0.444 e. The second-order valence-corrected chi connectivity index (χ2v) is 10.9. The lowest BCUT2D eigenvalue weighted by Gasteiger charge is -2.51. The second-order valence-electron chi connectivity index (χ2n) is 10.9. The van der Waals surface area contributed by atoms with Crippen LogP contribution in [0.15, 0.2) is 84.9 Å². The largest absolute Gasteiger partial charge is 0.444 e. The van der Waals surface area contributed by atoms with Crippen molar-refractivity contribution in [2.75, 3.05) is 13.1 Å². The van der Waals surface area contributed by atoms with Crippen LogP contribution in [0.2, 0.25) is 0 Å². The van der Waals surface area contributed by atoms with Gasteiger partial charge in [-0.2, -0.15) is 0 Å². The number of piperidine rings is 1. The summed E-state index contributed by atoms with van der Waals surface area (Å²) in [7, 11) is 0. The van der Waals surface area contributed by atoms with Crippen molar-refractivity contribution in [2.24, 2.45) is 0 Å². The Hall–Kier alpha value is -3.22. The van der Waals surface area contributed by atoms with E-state index in [1.54, 1.807) is 17.0 Å². The summed E-state index contributed by atoms with van der Waals surface area (Å²) in [6.07, 6.45) is -0.120. The first-order chi connectivity index (χ1) is 17.7. The van der Waals surface area contributed by atoms with Gasteiger partial charge in [0.05, 0.1) is 11.6 Å². The topological polar surface area (TPSA) is 53.0 Å². The van der Waals surface area contributed by atoms with E-state index in [0.717, 1.165) is 11.1 Å². The van der Waals surface area contributed by atoms with E-state index in [1.807, 2.05) is 57.2 Å². The molecule has 196 valence electrons. The number of nitrogens with zero attached hydrogens (tertiary/aromatic N) is 2. The summed E-state index contributed by atoms with van der Waals surface area (Å²) in [5.41, 5.74) is 1.68. The van der Waals surface area contributed by atoms with E-state index in [1.165, 1.54) is 12.1 Å². The van der Waals surface area contributed by atoms with Crippen LogP contribution in [0.25, 0.3) is 0 Å². The van der Waals surface area contributed by atoms with Crippen LogP contribution >= 0.6 is 0 Å². The highest BCUT2D eigenvalue weighted by atomic mass is 19.1. The lowest BCUT2D eigenvalue weighted by molar-refractivity contribution is -0.0816. The number of rotatable bonds is 7. The average molecular weight is 505 g/mol. The zero-order chi connectivity index (χ0) is 26.5. The van der Waals surface area contributed by atoms with Crippen LogP contribution in [0.1, 0.15) is 56.4 Å². The maximum absolute atomic E-state index is 13.7. The Balaban J connectivity index is 1.70. The highest BCUT2D eigenvalue weighted by molar-refractivity contribution is 5.68. The van der Waals surface area contributed by atoms with E-state index in [4.69, 9.17) is 4.74 Å². The number of hydrogen-bond donors (Lipinski definition) is 1. The van der Waals surface area contributed by atoms with Gasteiger partial charge in [-0.05, 0) is 62.4 Å². The Labute approximate surface area is 219 Å². The molecule has 1 saturated heterocycles. The minimum atomic E-state index is -0.874. The normalized spacial score (nSPS) is 16.4. The summed E-state index contributed by atoms with van der Waals surface area (Å²) in [5, 5.41) is 11.9. The summed E-state index contributed by atoms with van der Waals surface area (Å²) < 4.78 is 19.4. The molecule has 3 aromatic rings. The van der Waals surface area contributed by atoms with Crippen LogP contribution in [0.3, 0.4) is 0 Å². The number of carbonyl (C=O) groups excluding carboxylic acids is 1. The molecule has 1 N–H and O–H groups in total. The standard InChI is InChI=1S/C31H37FN2O3/c1-30(2,3)37-29(36)33-20-18-31(19-21-33,28(35)26-14-16-27(32)17-15-26)34(22-24-10-6-4-7-11-24)23-25-12-8-5-9-13-25/h4-17,28,35H,18-23H2,1-3H3. The number of ether oxygens (including phenoxy) is 1. The number of benzene rings is 3. The molecule has 0 radical (unpaired) electrons. The number of halogens is 1. The Bertz CT molecular complexity index is 1100. The number of carbonyl (C=O) groups is 1. The molecule has 3 aromatic carbocycles. The van der Waals surface area contributed by atoms with Gasteiger partial charge < -0.3 is 14.7 Å². The fourth-order valence-corrected chi connectivity index (χ4v) is 5.10. The molecule has 1 amide bonds. The van der Waals surface area contributed by atoms with Crippen molar-refractivity contribution in [1.82, 2.24) is 9.80 Å². The smallest absolute Gasteiger partial charge is 0.410 e. The highest BCUT2D eigenvalue weighted by Crippen LogP contribution is 2.42. The molecular weight excluding hydrogens is 467 g/mol. The van der Waals surface area contributed by atoms with Gasteiger partial charge in [0.25, 0.3) is 0 Å². The van der Waals surface area contributed by atoms with Crippen molar-refractivity contribution in [3.8, 4) is 0 Å². The molecule has 1 atom stereocenters. The first-order valence-electron chi connectivity index (χ1n) is 12.9. The fourth-order valence-electron chi connectivity index (χ4n) is 5.10. The van der Waals surface area contributed by atoms with Gasteiger partial charge in [-0.25, -0.2) is 9.18 Å². The fraction of sp³-hybridized carbons (Fsp3) is 0.387. The number of amides is 1. The van der Waals surface area contributed by atoms with Crippen LogP contribution in [0.5, 0.6) is 0 Å². The number of aliphatic hydroxyl groups excluding tert-OH is 1. The third-order valence-corrected chi connectivity index (χ3v) is 7.04. The molecule has 0 aromatic heterocycles. The van der Waals surface area contributed by atoms with Gasteiger partial charge in [-0.15, -0.1) is 0 Å². The monoisotopic (exact) mass is 504 g/mol. The molecule has 0 bridgehead atoms. The summed E-state index contributed by atoms with van der Waals surface area (Å²) in [6.45, 7) is 7.73. The van der Waals surface area contributed by atoms with E-state index in [0.29, 0.717) is 44.6 Å². The summed E-state index contributed by atoms with van der Waals surface area (Å²) in [5.74, 6) is -0.338. The van der Waals surface area contributed by atoms with Crippen molar-refractivity contribution in [3.63, 3.8) is 0 Å². The predicted molar refractivity (Wildman–Crippen MR) is 143 cm³/mol. The highest BCUT2D eigenvalue weighted by Gasteiger charge is 2.47. The van der Waals surface area contributed by atoms with Gasteiger partial charge >= 0.3 is 6.09 Å². The summed E-state index contributed by atoms with van der Waals surface area (Å²) >= 11 is 0. The van der Waals surface area contributed by atoms with E-state index >= 15 is 0 Å². The Morgan fingerprint density at radius 3 is 1.86 bits per heavy atom. The maximum Gasteiger partial charge on any atom is 0.410 e. The molecular formula is C31H37FN2O3. The van der Waals surface area contributed by atoms with Crippen molar-refractivity contribution < 1.29 is 19.0 Å². The SMILES string of the molecule is CC(C)(C)OC(=O)N1CCC(C(O)c2ccc(F)cc2)(N(Cc2ccccc2)Cc2ccccc2)CC1. The molecule has 1 unspecified atom stereocenters. The van der Waals surface area contributed by atoms with E-state index in [-0.39, 0.29) is 11.9 Å². The molecule has 1 aliphatic rings. The molecule has 37 heavy (non-hydrogen) atoms. The van der Waals surface area contributed by atoms with Gasteiger partial charge in [0.1, 0.15) is 11.4 Å². The molecule has 6 heteroatoms. The first kappa shape index (κ1) is 26.8. The zero-order valence-corrected chi connectivity index (χ0v) is 21.9. The first-order valence-corrected chi connectivity index (χ1v) is 12.9. The van der Waals surface area contributed by atoms with Crippen molar-refractivity contribution >= 4 is 6.09 Å². The van der Waals surface area contributed by atoms with Crippen LogP contribution in [-0.2, 0) is 17.8 Å². The van der Waals surface area contributed by atoms with Crippen LogP contribution in [-0.4, -0.2) is 45.2 Å². The summed E-state index contributed by atoms with van der Waals surface area (Å²) in [4.78, 5) is 16.9. The minimum absolute atomic E-state index is 0.338. The third-order valence-electron chi connectivity index (χ3n) is 7.04. The molecule has 1 fully saturated rings. The number of aliphatic hydroxyl groups is 1. The lowest BCUT2D eigenvalue weighted by Crippen LogP contribution is -2.59. The van der Waals surface area contributed by atoms with Gasteiger partial charge in [0, 0.05) is 26.2 Å². The van der Waals surface area contributed by atoms with Crippen molar-refractivity contribution in [3.05, 3.63) is 107 Å². The van der Waals surface area contributed by atoms with E-state index in [2.05, 4.69) is 29.2 Å². The number of hydrogen-bond acceptors (Lipinski definition) is 4. The van der Waals surface area contributed by atoms with Gasteiger partial charge in [0.15, 0.2) is 0 Å². The molecule has 0 spiro atoms. The molecule has 5 nitrogen and oxygen atoms in total. The lowest BCUT2D eigenvalue weighted by atomic mass is 9.77. The van der Waals surface area contributed by atoms with E-state index < -0.39 is 17.2 Å². The summed E-state index contributed by atoms with van der Waals surface area (Å²) in [6, 6.07) is 26.5. The second kappa shape index (κ2) is 11.4. The molecule has 0 saturated carbocycles. The predicted octanol–water partition coefficient (Wildman–Crippen LogP) is 6.33. The van der Waals surface area contributed by atoms with Gasteiger partial charge in [0.2, 0.25) is 0 Å². The number of likely N-dealkylation sites (tertiary alicyclic amines) is 1. The Morgan fingerprint density at radius 1 is 0.919 bits per heavy atom. The van der Waals surface area contributed by atoms with Crippen LogP contribution < -0.4 is 0 Å². The Morgan fingerprint density at radius 2 is 1.41 bits per heavy atom. The van der Waals surface area contributed by atoms with Crippen molar-refractivity contribution in [1.29, 1.82) is 0 Å². The maximum atomic E-state index is 13.7. The average Bonchev–Trinajstić information content (AvgIpc) is 2.88. The van der Waals surface area contributed by atoms with E-state index in [9.17, 15) is 14.3 Å². The van der Waals surface area contributed by atoms with Gasteiger partial charge in [-0.3, -0.25) is 4.90 Å². The molecule has 1 aliphatic heterocycles. The third kappa shape index (κ3) is 6.76.